The lowest BCUT2D eigenvalue weighted by Crippen LogP contribution is -2.30. The Morgan fingerprint density at radius 2 is 0.549 bits per heavy atom. The van der Waals surface area contributed by atoms with Crippen LogP contribution in [-0.4, -0.2) is 37.2 Å². The molecular weight excluding hydrogens is 877 g/mol. The summed E-state index contributed by atoms with van der Waals surface area (Å²) in [5.41, 5.74) is 0. The number of rotatable bonds is 55. The minimum absolute atomic E-state index is 0.0836. The summed E-state index contributed by atoms with van der Waals surface area (Å²) in [7, 11) is 0. The normalized spacial score (nSPS) is 12.5. The molecule has 0 heterocycles. The third-order valence-electron chi connectivity index (χ3n) is 13.2. The molecule has 6 heteroatoms. The third-order valence-corrected chi connectivity index (χ3v) is 13.2. The zero-order chi connectivity index (χ0) is 51.4. The van der Waals surface area contributed by atoms with E-state index in [-0.39, 0.29) is 31.1 Å². The molecule has 0 aliphatic rings. The number of hydrogen-bond acceptors (Lipinski definition) is 6. The van der Waals surface area contributed by atoms with Crippen LogP contribution < -0.4 is 0 Å². The first-order chi connectivity index (χ1) is 35.0. The van der Waals surface area contributed by atoms with Crippen LogP contribution in [0.3, 0.4) is 0 Å². The van der Waals surface area contributed by atoms with Gasteiger partial charge in [0.05, 0.1) is 0 Å². The Morgan fingerprint density at radius 1 is 0.296 bits per heavy atom. The van der Waals surface area contributed by atoms with Crippen molar-refractivity contribution in [3.8, 4) is 0 Å². The summed E-state index contributed by atoms with van der Waals surface area (Å²) in [5, 5.41) is 0. The van der Waals surface area contributed by atoms with Gasteiger partial charge in [-0.05, 0) is 89.9 Å². The number of allylic oxidation sites excluding steroid dienone is 12. The molecule has 0 N–H and O–H groups in total. The largest absolute Gasteiger partial charge is 0.462 e. The summed E-state index contributed by atoms with van der Waals surface area (Å²) in [6, 6.07) is 0. The maximum atomic E-state index is 12.9. The van der Waals surface area contributed by atoms with Crippen LogP contribution in [0.25, 0.3) is 0 Å². The summed E-state index contributed by atoms with van der Waals surface area (Å²) >= 11 is 0. The quantitative estimate of drug-likeness (QED) is 0.0261. The maximum Gasteiger partial charge on any atom is 0.306 e. The smallest absolute Gasteiger partial charge is 0.306 e. The lowest BCUT2D eigenvalue weighted by molar-refractivity contribution is -0.167. The van der Waals surface area contributed by atoms with Crippen LogP contribution >= 0.6 is 0 Å². The minimum atomic E-state index is -0.786. The molecule has 71 heavy (non-hydrogen) atoms. The molecule has 1 unspecified atom stereocenters. The summed E-state index contributed by atoms with van der Waals surface area (Å²) < 4.78 is 16.9. The zero-order valence-corrected chi connectivity index (χ0v) is 47.0. The van der Waals surface area contributed by atoms with Crippen LogP contribution in [0.4, 0.5) is 0 Å². The average Bonchev–Trinajstić information content (AvgIpc) is 3.37. The number of carbonyl (C=O) groups excluding carboxylic acids is 3. The van der Waals surface area contributed by atoms with Gasteiger partial charge < -0.3 is 14.2 Å². The van der Waals surface area contributed by atoms with E-state index in [1.165, 1.54) is 148 Å². The predicted octanol–water partition coefficient (Wildman–Crippen LogP) is 20.5. The highest BCUT2D eigenvalue weighted by molar-refractivity contribution is 5.71. The van der Waals surface area contributed by atoms with Gasteiger partial charge in [-0.2, -0.15) is 0 Å². The van der Waals surface area contributed by atoms with Crippen molar-refractivity contribution in [1.29, 1.82) is 0 Å². The van der Waals surface area contributed by atoms with Crippen molar-refractivity contribution in [2.75, 3.05) is 13.2 Å². The summed E-state index contributed by atoms with van der Waals surface area (Å²) in [5.74, 6) is -0.897. The van der Waals surface area contributed by atoms with Crippen molar-refractivity contribution in [2.24, 2.45) is 0 Å². The second kappa shape index (κ2) is 59.4. The van der Waals surface area contributed by atoms with Gasteiger partial charge >= 0.3 is 17.9 Å². The molecule has 0 aliphatic carbocycles. The van der Waals surface area contributed by atoms with Crippen molar-refractivity contribution >= 4 is 17.9 Å². The lowest BCUT2D eigenvalue weighted by Gasteiger charge is -2.18. The van der Waals surface area contributed by atoms with Crippen LogP contribution in [0.2, 0.25) is 0 Å². The minimum Gasteiger partial charge on any atom is -0.462 e. The highest BCUT2D eigenvalue weighted by Gasteiger charge is 2.19. The van der Waals surface area contributed by atoms with Crippen molar-refractivity contribution in [3.63, 3.8) is 0 Å². The van der Waals surface area contributed by atoms with Crippen LogP contribution in [0.5, 0.6) is 0 Å². The molecule has 0 fully saturated rings. The molecule has 0 spiro atoms. The Labute approximate surface area is 440 Å². The van der Waals surface area contributed by atoms with E-state index >= 15 is 0 Å². The topological polar surface area (TPSA) is 78.9 Å². The second-order valence-corrected chi connectivity index (χ2v) is 20.2. The van der Waals surface area contributed by atoms with Crippen LogP contribution in [0.15, 0.2) is 72.9 Å². The van der Waals surface area contributed by atoms with Crippen molar-refractivity contribution < 1.29 is 28.6 Å². The summed E-state index contributed by atoms with van der Waals surface area (Å²) in [6.07, 6.45) is 76.1. The number of carbonyl (C=O) groups is 3. The molecule has 0 aromatic heterocycles. The molecule has 0 amide bonds. The van der Waals surface area contributed by atoms with Crippen molar-refractivity contribution in [2.45, 2.75) is 309 Å². The number of esters is 3. The summed E-state index contributed by atoms with van der Waals surface area (Å²) in [6.45, 7) is 6.52. The fourth-order valence-electron chi connectivity index (χ4n) is 8.64. The number of ether oxygens (including phenoxy) is 3. The van der Waals surface area contributed by atoms with Crippen LogP contribution in [0, 0.1) is 0 Å². The van der Waals surface area contributed by atoms with Crippen LogP contribution in [0.1, 0.15) is 303 Å². The van der Waals surface area contributed by atoms with E-state index in [0.717, 1.165) is 116 Å². The van der Waals surface area contributed by atoms with Crippen molar-refractivity contribution in [1.82, 2.24) is 0 Å². The molecule has 0 saturated carbocycles. The molecule has 410 valence electrons. The van der Waals surface area contributed by atoms with E-state index in [1.807, 2.05) is 0 Å². The zero-order valence-electron chi connectivity index (χ0n) is 47.0. The van der Waals surface area contributed by atoms with E-state index < -0.39 is 6.10 Å². The predicted molar refractivity (Wildman–Crippen MR) is 307 cm³/mol. The van der Waals surface area contributed by atoms with E-state index in [4.69, 9.17) is 14.2 Å². The first-order valence-electron chi connectivity index (χ1n) is 30.4. The van der Waals surface area contributed by atoms with Crippen LogP contribution in [-0.2, 0) is 28.6 Å². The highest BCUT2D eigenvalue weighted by Crippen LogP contribution is 2.16. The molecule has 0 aromatic rings. The first-order valence-corrected chi connectivity index (χ1v) is 30.4. The first kappa shape index (κ1) is 67.8. The van der Waals surface area contributed by atoms with Gasteiger partial charge in [0.2, 0.25) is 0 Å². The maximum absolute atomic E-state index is 12.9. The Bertz CT molecular complexity index is 1320. The highest BCUT2D eigenvalue weighted by atomic mass is 16.6. The lowest BCUT2D eigenvalue weighted by atomic mass is 10.0. The standard InChI is InChI=1S/C65H114O6/c1-4-7-10-13-16-19-22-25-27-29-31-32-34-35-37-40-43-46-49-52-55-58-64(67)70-61-62(60-69-63(66)57-54-51-48-45-42-39-24-21-18-15-12-9-6-3)71-65(68)59-56-53-50-47-44-41-38-36-33-30-28-26-23-20-17-14-11-8-5-2/h7,10,16,19,21,24-25,27,31-32,35,37,62H,4-6,8-9,11-15,17-18,20,22-23,26,28-30,33-34,36,38-61H2,1-3H3/b10-7-,19-16-,24-21-,27-25-,32-31-,37-35-. The van der Waals surface area contributed by atoms with Gasteiger partial charge in [-0.3, -0.25) is 14.4 Å². The Balaban J connectivity index is 4.37. The van der Waals surface area contributed by atoms with Gasteiger partial charge in [-0.25, -0.2) is 0 Å². The third kappa shape index (κ3) is 57.6. The second-order valence-electron chi connectivity index (χ2n) is 20.2. The number of unbranched alkanes of at least 4 members (excludes halogenated alkanes) is 32. The Kier molecular flexibility index (Phi) is 56.8. The fourth-order valence-corrected chi connectivity index (χ4v) is 8.64. The molecule has 0 saturated heterocycles. The van der Waals surface area contributed by atoms with E-state index in [1.54, 1.807) is 0 Å². The van der Waals surface area contributed by atoms with E-state index in [9.17, 15) is 14.4 Å². The molecular formula is C65H114O6. The van der Waals surface area contributed by atoms with Gasteiger partial charge in [0.1, 0.15) is 13.2 Å². The van der Waals surface area contributed by atoms with Gasteiger partial charge in [-0.1, -0.05) is 267 Å². The molecule has 0 aliphatic heterocycles. The fraction of sp³-hybridized carbons (Fsp3) is 0.769. The average molecular weight is 992 g/mol. The molecule has 0 radical (unpaired) electrons. The SMILES string of the molecule is CC/C=C\C/C=C\C/C=C\C/C=C\C/C=C\CCCCCCCC(=O)OCC(COC(=O)CCCCCCC/C=C\CCCCCC)OC(=O)CCCCCCCCCCCCCCCCCCCCC. The Hall–Kier alpha value is -3.15. The molecule has 0 rings (SSSR count). The molecule has 0 bridgehead atoms. The molecule has 0 aromatic carbocycles. The van der Waals surface area contributed by atoms with Gasteiger partial charge in [0.25, 0.3) is 0 Å². The monoisotopic (exact) mass is 991 g/mol. The Morgan fingerprint density at radius 3 is 0.887 bits per heavy atom. The van der Waals surface area contributed by atoms with Gasteiger partial charge in [0.15, 0.2) is 6.10 Å². The van der Waals surface area contributed by atoms with Gasteiger partial charge in [0, 0.05) is 19.3 Å². The molecule has 6 nitrogen and oxygen atoms in total. The van der Waals surface area contributed by atoms with Gasteiger partial charge in [-0.15, -0.1) is 0 Å². The number of hydrogen-bond donors (Lipinski definition) is 0. The van der Waals surface area contributed by atoms with E-state index in [2.05, 4.69) is 93.7 Å². The van der Waals surface area contributed by atoms with E-state index in [0.29, 0.717) is 19.3 Å². The molecule has 1 atom stereocenters. The van der Waals surface area contributed by atoms with Crippen molar-refractivity contribution in [3.05, 3.63) is 72.9 Å². The summed E-state index contributed by atoms with van der Waals surface area (Å²) in [4.78, 5) is 38.2.